The van der Waals surface area contributed by atoms with Gasteiger partial charge < -0.3 is 14.8 Å². The third-order valence-electron chi connectivity index (χ3n) is 6.67. The molecule has 0 saturated carbocycles. The topological polar surface area (TPSA) is 110 Å². The molecule has 0 unspecified atom stereocenters. The van der Waals surface area contributed by atoms with Crippen molar-refractivity contribution in [3.05, 3.63) is 47.7 Å². The number of cyclic esters (lactones) is 1. The summed E-state index contributed by atoms with van der Waals surface area (Å²) in [6, 6.07) is 8.40. The van der Waals surface area contributed by atoms with Crippen LogP contribution in [0.5, 0.6) is 0 Å². The van der Waals surface area contributed by atoms with Gasteiger partial charge in [-0.2, -0.15) is 0 Å². The van der Waals surface area contributed by atoms with Gasteiger partial charge in [0.25, 0.3) is 5.91 Å². The van der Waals surface area contributed by atoms with Crippen LogP contribution in [0.2, 0.25) is 0 Å². The van der Waals surface area contributed by atoms with Crippen molar-refractivity contribution in [1.29, 1.82) is 0 Å². The van der Waals surface area contributed by atoms with Crippen LogP contribution >= 0.6 is 0 Å². The average Bonchev–Trinajstić information content (AvgIpc) is 2.88. The maximum atomic E-state index is 13.1. The van der Waals surface area contributed by atoms with Gasteiger partial charge in [0.15, 0.2) is 0 Å². The molecule has 9 heteroatoms. The van der Waals surface area contributed by atoms with Crippen molar-refractivity contribution in [2.75, 3.05) is 13.2 Å². The summed E-state index contributed by atoms with van der Waals surface area (Å²) >= 11 is 0. The molecule has 2 aliphatic rings. The van der Waals surface area contributed by atoms with E-state index in [1.54, 1.807) is 13.8 Å². The van der Waals surface area contributed by atoms with Crippen LogP contribution in [0, 0.1) is 5.92 Å². The first-order chi connectivity index (χ1) is 17.7. The van der Waals surface area contributed by atoms with Gasteiger partial charge in [-0.1, -0.05) is 44.2 Å². The lowest BCUT2D eigenvalue weighted by molar-refractivity contribution is -0.157. The van der Waals surface area contributed by atoms with Crippen LogP contribution in [0.1, 0.15) is 64.3 Å². The number of benzene rings is 1. The van der Waals surface area contributed by atoms with E-state index in [1.807, 2.05) is 56.3 Å². The maximum Gasteiger partial charge on any atom is 0.325 e. The van der Waals surface area contributed by atoms with Gasteiger partial charge in [0.05, 0.1) is 17.8 Å². The normalized spacial score (nSPS) is 27.2. The Balaban J connectivity index is 1.61. The molecule has 1 saturated heterocycles. The lowest BCUT2D eigenvalue weighted by Crippen LogP contribution is -2.60. The molecule has 2 N–H and O–H groups in total. The molecule has 2 aromatic rings. The number of aromatic nitrogens is 1. The van der Waals surface area contributed by atoms with Crippen molar-refractivity contribution in [1.82, 2.24) is 20.7 Å². The van der Waals surface area contributed by atoms with Crippen molar-refractivity contribution in [3.8, 4) is 0 Å². The summed E-state index contributed by atoms with van der Waals surface area (Å²) < 4.78 is 11.6. The van der Waals surface area contributed by atoms with Crippen molar-refractivity contribution in [2.45, 2.75) is 71.2 Å². The Bertz CT molecular complexity index is 1180. The molecule has 0 radical (unpaired) electrons. The van der Waals surface area contributed by atoms with Crippen molar-refractivity contribution in [2.24, 2.45) is 5.92 Å². The highest BCUT2D eigenvalue weighted by Crippen LogP contribution is 2.22. The Labute approximate surface area is 217 Å². The number of hydrogen-bond acceptors (Lipinski definition) is 7. The molecule has 2 amide bonds. The summed E-state index contributed by atoms with van der Waals surface area (Å²) in [5.74, 6) is -1.16. The van der Waals surface area contributed by atoms with E-state index in [4.69, 9.17) is 14.5 Å². The van der Waals surface area contributed by atoms with E-state index in [-0.39, 0.29) is 17.7 Å². The smallest absolute Gasteiger partial charge is 0.325 e. The first kappa shape index (κ1) is 26.8. The van der Waals surface area contributed by atoms with Gasteiger partial charge in [-0.15, -0.1) is 0 Å². The van der Waals surface area contributed by atoms with Gasteiger partial charge in [0.1, 0.15) is 24.3 Å². The third kappa shape index (κ3) is 6.53. The molecule has 1 aromatic heterocycles. The Hall–Kier alpha value is -3.30. The number of nitrogens with zero attached hydrogens (tertiary/aromatic N) is 2. The molecule has 4 atom stereocenters. The summed E-state index contributed by atoms with van der Waals surface area (Å²) in [7, 11) is 0. The summed E-state index contributed by atoms with van der Waals surface area (Å²) in [6.45, 7) is 8.05. The molecule has 198 valence electrons. The zero-order valence-corrected chi connectivity index (χ0v) is 21.9. The van der Waals surface area contributed by atoms with Gasteiger partial charge >= 0.3 is 5.97 Å². The van der Waals surface area contributed by atoms with E-state index < -0.39 is 30.3 Å². The van der Waals surface area contributed by atoms with E-state index in [2.05, 4.69) is 10.7 Å². The summed E-state index contributed by atoms with van der Waals surface area (Å²) in [5.41, 5.74) is 5.45. The van der Waals surface area contributed by atoms with Gasteiger partial charge in [-0.05, 0) is 56.7 Å². The first-order valence-corrected chi connectivity index (χ1v) is 13.0. The van der Waals surface area contributed by atoms with E-state index in [0.717, 1.165) is 16.5 Å². The molecule has 1 aromatic carbocycles. The van der Waals surface area contributed by atoms with E-state index in [0.29, 0.717) is 38.1 Å². The number of hydrogen-bond donors (Lipinski definition) is 2. The van der Waals surface area contributed by atoms with Crippen molar-refractivity contribution >= 4 is 34.8 Å². The van der Waals surface area contributed by atoms with Crippen molar-refractivity contribution in [3.63, 3.8) is 0 Å². The number of pyridine rings is 1. The molecule has 0 spiro atoms. The second-order valence-corrected chi connectivity index (χ2v) is 10.0. The zero-order chi connectivity index (χ0) is 26.5. The van der Waals surface area contributed by atoms with Gasteiger partial charge in [0, 0.05) is 11.9 Å². The lowest BCUT2D eigenvalue weighted by Gasteiger charge is -2.35. The Kier molecular flexibility index (Phi) is 8.56. The Morgan fingerprint density at radius 3 is 2.68 bits per heavy atom. The highest BCUT2D eigenvalue weighted by molar-refractivity contribution is 5.89. The minimum absolute atomic E-state index is 0.0668. The monoisotopic (exact) mass is 508 g/mol. The van der Waals surface area contributed by atoms with Gasteiger partial charge in [-0.3, -0.25) is 19.4 Å². The number of esters is 1. The second-order valence-electron chi connectivity index (χ2n) is 10.0. The average molecular weight is 509 g/mol. The predicted octanol–water partition coefficient (Wildman–Crippen LogP) is 3.30. The summed E-state index contributed by atoms with van der Waals surface area (Å²) in [4.78, 5) is 43.7. The quantitative estimate of drug-likeness (QED) is 0.569. The third-order valence-corrected chi connectivity index (χ3v) is 6.67. The number of nitrogens with one attached hydrogen (secondary N) is 2. The van der Waals surface area contributed by atoms with Crippen LogP contribution in [-0.4, -0.2) is 59.1 Å². The number of carbonyl (C=O) groups excluding carboxylic acids is 3. The van der Waals surface area contributed by atoms with Gasteiger partial charge in [0.2, 0.25) is 5.91 Å². The maximum absolute atomic E-state index is 13.1. The van der Waals surface area contributed by atoms with Crippen LogP contribution in [0.25, 0.3) is 17.0 Å². The summed E-state index contributed by atoms with van der Waals surface area (Å²) in [6.07, 6.45) is 4.56. The fourth-order valence-electron chi connectivity index (χ4n) is 4.56. The highest BCUT2D eigenvalue weighted by Gasteiger charge is 2.33. The van der Waals surface area contributed by atoms with E-state index in [1.165, 1.54) is 5.01 Å². The number of fused-ring (bicyclic) bond motifs is 4. The predicted molar refractivity (Wildman–Crippen MR) is 140 cm³/mol. The molecule has 4 rings (SSSR count). The number of amides is 2. The van der Waals surface area contributed by atoms with E-state index >= 15 is 0 Å². The largest absolute Gasteiger partial charge is 0.455 e. The fourth-order valence-corrected chi connectivity index (χ4v) is 4.56. The number of rotatable bonds is 1. The van der Waals surface area contributed by atoms with Crippen LogP contribution in [-0.2, 0) is 23.9 Å². The van der Waals surface area contributed by atoms with E-state index in [9.17, 15) is 14.4 Å². The second kappa shape index (κ2) is 11.8. The minimum atomic E-state index is -0.783. The standard InChI is InChI=1S/C28H36N4O5/c1-17(2)25-26(33)29-18(3)27(34)32-14-7-9-23(31-32)28(35)37-19(4)22-13-12-21-11-10-20(16-24(21)30-22)8-5-6-15-36-25/h5,8,10-13,16-19,23,25,31H,6-7,9,14-15H2,1-4H3,(H,29,33)/b8-5+/t18-,19+,23-,25-/m0/s1. The van der Waals surface area contributed by atoms with Crippen LogP contribution < -0.4 is 10.7 Å². The highest BCUT2D eigenvalue weighted by atomic mass is 16.5. The zero-order valence-electron chi connectivity index (χ0n) is 21.9. The fraction of sp³-hybridized carbons (Fsp3) is 0.500. The summed E-state index contributed by atoms with van der Waals surface area (Å²) in [5, 5.41) is 5.18. The molecule has 5 bridgehead atoms. The molecule has 2 aliphatic heterocycles. The van der Waals surface area contributed by atoms with Crippen LogP contribution in [0.3, 0.4) is 0 Å². The molecule has 0 aliphatic carbocycles. The minimum Gasteiger partial charge on any atom is -0.455 e. The molecule has 1 fully saturated rings. The molecule has 3 heterocycles. The Morgan fingerprint density at radius 2 is 1.89 bits per heavy atom. The molecular weight excluding hydrogens is 472 g/mol. The molecule has 9 nitrogen and oxygen atoms in total. The molecule has 37 heavy (non-hydrogen) atoms. The lowest BCUT2D eigenvalue weighted by atomic mass is 10.1. The molecular formula is C28H36N4O5. The van der Waals surface area contributed by atoms with Gasteiger partial charge in [-0.25, -0.2) is 10.4 Å². The number of carbonyl (C=O) groups is 3. The van der Waals surface area contributed by atoms with Crippen molar-refractivity contribution < 1.29 is 23.9 Å². The van der Waals surface area contributed by atoms with Crippen LogP contribution in [0.15, 0.2) is 36.4 Å². The number of ether oxygens (including phenoxy) is 2. The Morgan fingerprint density at radius 1 is 1.11 bits per heavy atom. The number of hydrazine groups is 1. The SMILES string of the molecule is CC(C)[C@@H]1OCC/C=C/c2ccc3ccc(nc3c2)[C@@H](C)OC(=O)[C@@H]2CCCN(N2)C(=O)[C@H](C)NC1=O. The first-order valence-electron chi connectivity index (χ1n) is 13.0. The van der Waals surface area contributed by atoms with Crippen LogP contribution in [0.4, 0.5) is 0 Å².